The molecule has 248 valence electrons. The quantitative estimate of drug-likeness (QED) is 0.357. The van der Waals surface area contributed by atoms with Gasteiger partial charge in [0.25, 0.3) is 0 Å². The van der Waals surface area contributed by atoms with Crippen molar-refractivity contribution in [2.45, 2.75) is 133 Å². The van der Waals surface area contributed by atoms with E-state index in [1.807, 2.05) is 41.5 Å². The van der Waals surface area contributed by atoms with Crippen LogP contribution in [0.1, 0.15) is 122 Å². The van der Waals surface area contributed by atoms with Gasteiger partial charge in [0.2, 0.25) is 15.9 Å². The molecular weight excluding hydrogens is 558 g/mol. The molecular formula is C33H62F2N2O4S. The monoisotopic (exact) mass is 620 g/mol. The van der Waals surface area contributed by atoms with Crippen LogP contribution in [0.3, 0.4) is 0 Å². The number of amides is 1. The molecule has 0 bridgehead atoms. The van der Waals surface area contributed by atoms with Gasteiger partial charge in [-0.2, -0.15) is 0 Å². The lowest BCUT2D eigenvalue weighted by Gasteiger charge is -2.23. The standard InChI is InChI=1S/C10H12F2.C10H21NO.C8H16O.C5H13NO2S/c1-10(2,3)8-5-4-7(11)6-9(8)12;1-9(2,3)7-11-8(12)10(4,5)6;1-8(2,3)9-6-7-4-5-7;1-5(2,3)6-9(4,7)8/h4-6H,1-3H3;7H2,1-6H3,(H,11,12);7H,4-6H2,1-3H3;6H,1-4H3. The number of carbonyl (C=O) groups excluding carboxylic acids is 1. The molecule has 1 aliphatic carbocycles. The Balaban J connectivity index is 0. The van der Waals surface area contributed by atoms with Crippen LogP contribution in [-0.2, 0) is 25.0 Å². The van der Waals surface area contributed by atoms with E-state index in [1.165, 1.54) is 25.0 Å². The zero-order valence-corrected chi connectivity index (χ0v) is 30.3. The number of carbonyl (C=O) groups is 1. The summed E-state index contributed by atoms with van der Waals surface area (Å²) >= 11 is 0. The Bertz CT molecular complexity index is 1050. The predicted molar refractivity (Wildman–Crippen MR) is 173 cm³/mol. The van der Waals surface area contributed by atoms with Crippen LogP contribution in [0.4, 0.5) is 8.78 Å². The number of nitrogens with one attached hydrogen (secondary N) is 2. The molecule has 42 heavy (non-hydrogen) atoms. The molecule has 9 heteroatoms. The largest absolute Gasteiger partial charge is 0.376 e. The maximum absolute atomic E-state index is 13.1. The number of benzene rings is 1. The van der Waals surface area contributed by atoms with E-state index < -0.39 is 21.7 Å². The lowest BCUT2D eigenvalue weighted by molar-refractivity contribution is -0.128. The molecule has 1 amide bonds. The number of hydrogen-bond donors (Lipinski definition) is 2. The molecule has 1 aromatic carbocycles. The maximum Gasteiger partial charge on any atom is 0.225 e. The van der Waals surface area contributed by atoms with E-state index in [-0.39, 0.29) is 33.3 Å². The van der Waals surface area contributed by atoms with Gasteiger partial charge in [-0.1, -0.05) is 68.4 Å². The van der Waals surface area contributed by atoms with Crippen LogP contribution in [-0.4, -0.2) is 44.9 Å². The molecule has 0 atom stereocenters. The number of halogens is 2. The lowest BCUT2D eigenvalue weighted by Crippen LogP contribution is -2.39. The second-order valence-corrected chi connectivity index (χ2v) is 18.1. The minimum absolute atomic E-state index is 0.0720. The van der Waals surface area contributed by atoms with Crippen molar-refractivity contribution in [3.8, 4) is 0 Å². The van der Waals surface area contributed by atoms with Crippen LogP contribution >= 0.6 is 0 Å². The topological polar surface area (TPSA) is 84.5 Å². The first-order valence-corrected chi connectivity index (χ1v) is 16.6. The smallest absolute Gasteiger partial charge is 0.225 e. The Labute approximate surface area is 257 Å². The summed E-state index contributed by atoms with van der Waals surface area (Å²) in [6.45, 7) is 31.2. The van der Waals surface area contributed by atoms with Gasteiger partial charge >= 0.3 is 0 Å². The van der Waals surface area contributed by atoms with Crippen LogP contribution in [0.5, 0.6) is 0 Å². The first-order chi connectivity index (χ1) is 18.3. The van der Waals surface area contributed by atoms with Crippen LogP contribution in [0.2, 0.25) is 0 Å². The summed E-state index contributed by atoms with van der Waals surface area (Å²) < 4.78 is 54.7. The summed E-state index contributed by atoms with van der Waals surface area (Å²) in [5.41, 5.74) is -0.107. The average molecular weight is 621 g/mol. The third kappa shape index (κ3) is 27.3. The molecule has 2 N–H and O–H groups in total. The van der Waals surface area contributed by atoms with Gasteiger partial charge in [-0.3, -0.25) is 4.79 Å². The van der Waals surface area contributed by atoms with E-state index in [0.29, 0.717) is 5.56 Å². The fourth-order valence-electron chi connectivity index (χ4n) is 2.92. The summed E-state index contributed by atoms with van der Waals surface area (Å²) in [4.78, 5) is 11.4. The number of sulfonamides is 1. The molecule has 0 heterocycles. The highest BCUT2D eigenvalue weighted by Gasteiger charge is 2.24. The van der Waals surface area contributed by atoms with Gasteiger partial charge in [-0.25, -0.2) is 21.9 Å². The summed E-state index contributed by atoms with van der Waals surface area (Å²) in [7, 11) is -3.03. The molecule has 2 rings (SSSR count). The van der Waals surface area contributed by atoms with Gasteiger partial charge in [-0.05, 0) is 82.8 Å². The van der Waals surface area contributed by atoms with Crippen LogP contribution in [0.25, 0.3) is 0 Å². The second kappa shape index (κ2) is 16.5. The van der Waals surface area contributed by atoms with E-state index in [1.54, 1.807) is 20.8 Å². The molecule has 6 nitrogen and oxygen atoms in total. The number of rotatable bonds is 4. The van der Waals surface area contributed by atoms with Crippen molar-refractivity contribution < 1.29 is 26.7 Å². The predicted octanol–water partition coefficient (Wildman–Crippen LogP) is 8.00. The highest BCUT2D eigenvalue weighted by atomic mass is 32.2. The molecule has 0 spiro atoms. The van der Waals surface area contributed by atoms with E-state index >= 15 is 0 Å². The van der Waals surface area contributed by atoms with Gasteiger partial charge < -0.3 is 10.1 Å². The number of hydrogen-bond acceptors (Lipinski definition) is 4. The minimum Gasteiger partial charge on any atom is -0.376 e. The normalized spacial score (nSPS) is 14.3. The second-order valence-electron chi connectivity index (χ2n) is 16.4. The van der Waals surface area contributed by atoms with Crippen molar-refractivity contribution in [2.24, 2.45) is 16.7 Å². The first kappa shape index (κ1) is 42.6. The molecule has 0 aromatic heterocycles. The van der Waals surface area contributed by atoms with Crippen molar-refractivity contribution in [3.63, 3.8) is 0 Å². The molecule has 0 unspecified atom stereocenters. The third-order valence-corrected chi connectivity index (χ3v) is 6.12. The Morgan fingerprint density at radius 2 is 1.36 bits per heavy atom. The van der Waals surface area contributed by atoms with Gasteiger partial charge in [0, 0.05) is 23.6 Å². The zero-order chi connectivity index (χ0) is 34.0. The molecule has 1 saturated carbocycles. The Morgan fingerprint density at radius 3 is 1.62 bits per heavy atom. The lowest BCUT2D eigenvalue weighted by atomic mass is 9.87. The van der Waals surface area contributed by atoms with E-state index in [2.05, 4.69) is 51.6 Å². The van der Waals surface area contributed by atoms with Crippen LogP contribution in [0, 0.1) is 28.4 Å². The average Bonchev–Trinajstić information content (AvgIpc) is 3.51. The van der Waals surface area contributed by atoms with Crippen molar-refractivity contribution in [1.29, 1.82) is 0 Å². The summed E-state index contributed by atoms with van der Waals surface area (Å²) in [6, 6.07) is 3.69. The highest BCUT2D eigenvalue weighted by Crippen LogP contribution is 2.30. The van der Waals surface area contributed by atoms with Crippen molar-refractivity contribution >= 4 is 15.9 Å². The minimum atomic E-state index is -3.03. The summed E-state index contributed by atoms with van der Waals surface area (Å²) in [5, 5.41) is 2.92. The fourth-order valence-corrected chi connectivity index (χ4v) is 4.03. The zero-order valence-electron chi connectivity index (χ0n) is 29.4. The molecule has 1 aromatic rings. The molecule has 0 aliphatic heterocycles. The molecule has 1 aliphatic rings. The Hall–Kier alpha value is -1.58. The highest BCUT2D eigenvalue weighted by molar-refractivity contribution is 7.88. The molecule has 0 radical (unpaired) electrons. The van der Waals surface area contributed by atoms with E-state index in [4.69, 9.17) is 4.74 Å². The SMILES string of the molecule is CC(C)(C)CNC(=O)C(C)(C)C.CC(C)(C)NS(C)(=O)=O.CC(C)(C)OCC1CC1.CC(C)(C)c1ccc(F)cc1F. The molecule has 1 fully saturated rings. The first-order valence-electron chi connectivity index (χ1n) is 14.7. The summed E-state index contributed by atoms with van der Waals surface area (Å²) in [6.07, 6.45) is 3.92. The van der Waals surface area contributed by atoms with Gasteiger partial charge in [0.05, 0.1) is 18.5 Å². The third-order valence-electron chi connectivity index (χ3n) is 5.14. The maximum atomic E-state index is 13.1. The van der Waals surface area contributed by atoms with Crippen LogP contribution < -0.4 is 10.0 Å². The van der Waals surface area contributed by atoms with Crippen molar-refractivity contribution in [1.82, 2.24) is 10.0 Å². The fraction of sp³-hybridized carbons (Fsp3) is 0.788. The number of ether oxygens (including phenoxy) is 1. The van der Waals surface area contributed by atoms with Crippen LogP contribution in [0.15, 0.2) is 18.2 Å². The summed E-state index contributed by atoms with van der Waals surface area (Å²) in [5.74, 6) is 0.0182. The van der Waals surface area contributed by atoms with Gasteiger partial charge in [0.1, 0.15) is 11.6 Å². The van der Waals surface area contributed by atoms with E-state index in [0.717, 1.165) is 31.4 Å². The van der Waals surface area contributed by atoms with E-state index in [9.17, 15) is 22.0 Å². The van der Waals surface area contributed by atoms with Gasteiger partial charge in [-0.15, -0.1) is 0 Å². The Morgan fingerprint density at radius 1 is 0.881 bits per heavy atom. The van der Waals surface area contributed by atoms with Crippen molar-refractivity contribution in [3.05, 3.63) is 35.4 Å². The Kier molecular flexibility index (Phi) is 16.7. The molecule has 0 saturated heterocycles. The van der Waals surface area contributed by atoms with Crippen molar-refractivity contribution in [2.75, 3.05) is 19.4 Å². The van der Waals surface area contributed by atoms with Gasteiger partial charge in [0.15, 0.2) is 0 Å².